The van der Waals surface area contributed by atoms with Crippen LogP contribution in [0.25, 0.3) is 0 Å². The van der Waals surface area contributed by atoms with E-state index in [1.165, 1.54) is 19.3 Å². The number of piperazine rings is 1. The maximum atomic E-state index is 12.1. The summed E-state index contributed by atoms with van der Waals surface area (Å²) in [6.45, 7) is 7.78. The van der Waals surface area contributed by atoms with Crippen molar-refractivity contribution in [3.63, 3.8) is 0 Å². The fraction of sp³-hybridized carbons (Fsp3) is 0.923. The summed E-state index contributed by atoms with van der Waals surface area (Å²) in [6, 6.07) is 0.652. The zero-order valence-corrected chi connectivity index (χ0v) is 11.0. The van der Waals surface area contributed by atoms with Crippen molar-refractivity contribution in [3.8, 4) is 0 Å². The van der Waals surface area contributed by atoms with Crippen LogP contribution in [0, 0.1) is 5.92 Å². The lowest BCUT2D eigenvalue weighted by Gasteiger charge is -2.40. The van der Waals surface area contributed by atoms with Crippen molar-refractivity contribution in [2.24, 2.45) is 5.92 Å². The summed E-state index contributed by atoms with van der Waals surface area (Å²) in [7, 11) is 0. The summed E-state index contributed by atoms with van der Waals surface area (Å²) in [5, 5.41) is 6.30. The second-order valence-electron chi connectivity index (χ2n) is 5.17. The number of rotatable bonds is 5. The second kappa shape index (κ2) is 5.83. The first-order valence-corrected chi connectivity index (χ1v) is 7.02. The average molecular weight is 239 g/mol. The summed E-state index contributed by atoms with van der Waals surface area (Å²) < 4.78 is 0. The van der Waals surface area contributed by atoms with Crippen LogP contribution in [0.5, 0.6) is 0 Å². The Hall–Kier alpha value is -0.610. The second-order valence-corrected chi connectivity index (χ2v) is 5.17. The Labute approximate surface area is 104 Å². The van der Waals surface area contributed by atoms with Crippen LogP contribution in [0.2, 0.25) is 0 Å². The van der Waals surface area contributed by atoms with Crippen LogP contribution in [0.4, 0.5) is 0 Å². The molecule has 0 aromatic heterocycles. The van der Waals surface area contributed by atoms with Gasteiger partial charge in [-0.15, -0.1) is 0 Å². The van der Waals surface area contributed by atoms with Gasteiger partial charge in [-0.1, -0.05) is 6.92 Å². The van der Waals surface area contributed by atoms with Crippen LogP contribution >= 0.6 is 0 Å². The van der Waals surface area contributed by atoms with Crippen molar-refractivity contribution in [1.29, 1.82) is 0 Å². The van der Waals surface area contributed by atoms with E-state index in [1.807, 2.05) is 6.92 Å². The first kappa shape index (κ1) is 12.8. The minimum absolute atomic E-state index is 0.0363. The lowest BCUT2D eigenvalue weighted by molar-refractivity contribution is -0.128. The molecule has 2 fully saturated rings. The van der Waals surface area contributed by atoms with E-state index >= 15 is 0 Å². The van der Waals surface area contributed by atoms with Crippen molar-refractivity contribution in [3.05, 3.63) is 0 Å². The number of nitrogens with zero attached hydrogens (tertiary/aromatic N) is 1. The number of likely N-dealkylation sites (N-methyl/N-ethyl adjacent to an activating group) is 1. The Morgan fingerprint density at radius 1 is 1.47 bits per heavy atom. The number of hydrogen-bond acceptors (Lipinski definition) is 3. The fourth-order valence-electron chi connectivity index (χ4n) is 2.97. The van der Waals surface area contributed by atoms with Gasteiger partial charge in [-0.05, 0) is 32.1 Å². The zero-order chi connectivity index (χ0) is 12.3. The summed E-state index contributed by atoms with van der Waals surface area (Å²) in [5.41, 5.74) is 0. The van der Waals surface area contributed by atoms with Crippen LogP contribution < -0.4 is 10.6 Å². The number of hydrogen-bond donors (Lipinski definition) is 2. The van der Waals surface area contributed by atoms with E-state index in [-0.39, 0.29) is 11.9 Å². The Morgan fingerprint density at radius 2 is 2.24 bits per heavy atom. The Bertz CT molecular complexity index is 265. The molecule has 17 heavy (non-hydrogen) atoms. The maximum Gasteiger partial charge on any atom is 0.238 e. The molecule has 98 valence electrons. The van der Waals surface area contributed by atoms with Crippen molar-refractivity contribution >= 4 is 5.91 Å². The van der Waals surface area contributed by atoms with Crippen LogP contribution in [-0.2, 0) is 4.79 Å². The van der Waals surface area contributed by atoms with Gasteiger partial charge in [0.1, 0.15) is 6.04 Å². The van der Waals surface area contributed by atoms with Crippen molar-refractivity contribution in [2.75, 3.05) is 26.2 Å². The highest BCUT2D eigenvalue weighted by atomic mass is 16.2. The summed E-state index contributed by atoms with van der Waals surface area (Å²) >= 11 is 0. The van der Waals surface area contributed by atoms with E-state index in [0.717, 1.165) is 32.1 Å². The molecule has 4 heteroatoms. The van der Waals surface area contributed by atoms with Crippen molar-refractivity contribution in [1.82, 2.24) is 15.5 Å². The van der Waals surface area contributed by atoms with E-state index in [1.54, 1.807) is 0 Å². The highest BCUT2D eigenvalue weighted by molar-refractivity contribution is 5.82. The van der Waals surface area contributed by atoms with E-state index in [2.05, 4.69) is 22.5 Å². The molecular weight excluding hydrogens is 214 g/mol. The Morgan fingerprint density at radius 3 is 2.82 bits per heavy atom. The molecular formula is C13H25N3O. The lowest BCUT2D eigenvalue weighted by atomic mass is 10.0. The molecule has 1 saturated heterocycles. The largest absolute Gasteiger partial charge is 0.355 e. The maximum absolute atomic E-state index is 12.1. The fourth-order valence-corrected chi connectivity index (χ4v) is 2.97. The van der Waals surface area contributed by atoms with Gasteiger partial charge in [-0.2, -0.15) is 0 Å². The molecule has 2 atom stereocenters. The molecule has 2 unspecified atom stereocenters. The van der Waals surface area contributed by atoms with E-state index < -0.39 is 0 Å². The third-order valence-corrected chi connectivity index (χ3v) is 3.95. The Balaban J connectivity index is 2.02. The van der Waals surface area contributed by atoms with Gasteiger partial charge in [-0.3, -0.25) is 9.69 Å². The number of amides is 1. The van der Waals surface area contributed by atoms with E-state index in [0.29, 0.717) is 6.04 Å². The van der Waals surface area contributed by atoms with Gasteiger partial charge in [0.2, 0.25) is 5.91 Å². The van der Waals surface area contributed by atoms with Gasteiger partial charge in [0, 0.05) is 32.2 Å². The van der Waals surface area contributed by atoms with Crippen LogP contribution in [0.3, 0.4) is 0 Å². The molecule has 0 radical (unpaired) electrons. The topological polar surface area (TPSA) is 44.4 Å². The van der Waals surface area contributed by atoms with Gasteiger partial charge >= 0.3 is 0 Å². The molecule has 1 aliphatic heterocycles. The molecule has 0 bridgehead atoms. The Kier molecular flexibility index (Phi) is 4.40. The van der Waals surface area contributed by atoms with Gasteiger partial charge in [0.15, 0.2) is 0 Å². The molecule has 1 saturated carbocycles. The molecule has 1 aliphatic carbocycles. The van der Waals surface area contributed by atoms with Crippen molar-refractivity contribution in [2.45, 2.75) is 45.2 Å². The molecule has 2 rings (SSSR count). The zero-order valence-electron chi connectivity index (χ0n) is 11.0. The highest BCUT2D eigenvalue weighted by Crippen LogP contribution is 2.37. The number of nitrogens with one attached hydrogen (secondary N) is 2. The van der Waals surface area contributed by atoms with Gasteiger partial charge in [0.05, 0.1) is 0 Å². The third kappa shape index (κ3) is 2.99. The predicted octanol–water partition coefficient (Wildman–Crippen LogP) is 0.585. The van der Waals surface area contributed by atoms with E-state index in [4.69, 9.17) is 0 Å². The normalized spacial score (nSPS) is 27.8. The third-order valence-electron chi connectivity index (χ3n) is 3.95. The van der Waals surface area contributed by atoms with Crippen LogP contribution in [0.1, 0.15) is 33.1 Å². The average Bonchev–Trinajstić information content (AvgIpc) is 3.15. The molecule has 2 N–H and O–H groups in total. The van der Waals surface area contributed by atoms with Gasteiger partial charge in [0.25, 0.3) is 0 Å². The molecule has 2 aliphatic rings. The molecule has 0 aromatic carbocycles. The van der Waals surface area contributed by atoms with E-state index in [9.17, 15) is 4.79 Å². The number of carbonyl (C=O) groups excluding carboxylic acids is 1. The summed E-state index contributed by atoms with van der Waals surface area (Å²) in [4.78, 5) is 14.5. The summed E-state index contributed by atoms with van der Waals surface area (Å²) in [5.74, 6) is 1.04. The first-order chi connectivity index (χ1) is 8.27. The predicted molar refractivity (Wildman–Crippen MR) is 68.9 cm³/mol. The summed E-state index contributed by atoms with van der Waals surface area (Å²) in [6.07, 6.45) is 3.87. The highest BCUT2D eigenvalue weighted by Gasteiger charge is 2.39. The molecule has 1 amide bonds. The van der Waals surface area contributed by atoms with Gasteiger partial charge in [-0.25, -0.2) is 0 Å². The smallest absolute Gasteiger partial charge is 0.238 e. The first-order valence-electron chi connectivity index (χ1n) is 7.02. The van der Waals surface area contributed by atoms with Gasteiger partial charge < -0.3 is 10.6 Å². The van der Waals surface area contributed by atoms with Crippen LogP contribution in [0.15, 0.2) is 0 Å². The molecule has 4 nitrogen and oxygen atoms in total. The standard InChI is InChI=1S/C13H25N3O/c1-3-11(10-5-6-10)16-8-7-14-9-12(16)13(17)15-4-2/h10-12,14H,3-9H2,1-2H3,(H,15,17). The molecule has 1 heterocycles. The lowest BCUT2D eigenvalue weighted by Crippen LogP contribution is -2.61. The minimum Gasteiger partial charge on any atom is -0.355 e. The molecule has 0 spiro atoms. The molecule has 0 aromatic rings. The quantitative estimate of drug-likeness (QED) is 0.738. The minimum atomic E-state index is 0.0363. The SMILES string of the molecule is CCNC(=O)C1CNCCN1C(CC)C1CC1. The van der Waals surface area contributed by atoms with Crippen LogP contribution in [-0.4, -0.2) is 49.1 Å². The van der Waals surface area contributed by atoms with Crippen molar-refractivity contribution < 1.29 is 4.79 Å². The monoisotopic (exact) mass is 239 g/mol. The number of carbonyl (C=O) groups is 1.